The lowest BCUT2D eigenvalue weighted by Gasteiger charge is -2.34. The number of thioether (sulfide) groups is 1. The molecule has 1 aromatic carbocycles. The Balaban J connectivity index is 1.36. The molecule has 2 aromatic rings. The molecule has 9 heteroatoms. The number of aromatic nitrogens is 1. The SMILES string of the molecule is COc1ccc(N2CCC(NC(=O)CSC(C)C(=O)Nc3cc(C)on3)CC2)cc1. The first-order valence-corrected chi connectivity index (χ1v) is 11.0. The van der Waals surface area contributed by atoms with Crippen LogP contribution in [0.4, 0.5) is 11.5 Å². The third kappa shape index (κ3) is 6.16. The van der Waals surface area contributed by atoms with Crippen LogP contribution >= 0.6 is 11.8 Å². The smallest absolute Gasteiger partial charge is 0.238 e. The Hall–Kier alpha value is -2.68. The van der Waals surface area contributed by atoms with Gasteiger partial charge in [0, 0.05) is 30.9 Å². The van der Waals surface area contributed by atoms with E-state index in [1.54, 1.807) is 27.0 Å². The number of rotatable bonds is 8. The number of amides is 2. The highest BCUT2D eigenvalue weighted by Gasteiger charge is 2.22. The highest BCUT2D eigenvalue weighted by Crippen LogP contribution is 2.23. The van der Waals surface area contributed by atoms with E-state index in [9.17, 15) is 9.59 Å². The Morgan fingerprint density at radius 3 is 2.60 bits per heavy atom. The summed E-state index contributed by atoms with van der Waals surface area (Å²) in [6, 6.07) is 9.85. The van der Waals surface area contributed by atoms with E-state index in [-0.39, 0.29) is 28.9 Å². The number of methoxy groups -OCH3 is 1. The highest BCUT2D eigenvalue weighted by molar-refractivity contribution is 8.01. The number of benzene rings is 1. The Labute approximate surface area is 180 Å². The van der Waals surface area contributed by atoms with Crippen molar-refractivity contribution in [3.63, 3.8) is 0 Å². The van der Waals surface area contributed by atoms with Gasteiger partial charge in [0.05, 0.1) is 18.1 Å². The summed E-state index contributed by atoms with van der Waals surface area (Å²) in [5, 5.41) is 9.15. The van der Waals surface area contributed by atoms with Crippen molar-refractivity contribution < 1.29 is 18.8 Å². The first-order chi connectivity index (χ1) is 14.4. The molecule has 0 saturated carbocycles. The monoisotopic (exact) mass is 432 g/mol. The molecular formula is C21H28N4O4S. The molecule has 0 radical (unpaired) electrons. The zero-order chi connectivity index (χ0) is 21.5. The predicted octanol–water partition coefficient (Wildman–Crippen LogP) is 2.84. The fourth-order valence-corrected chi connectivity index (χ4v) is 3.97. The number of carbonyl (C=O) groups is 2. The average molecular weight is 433 g/mol. The maximum absolute atomic E-state index is 12.3. The lowest BCUT2D eigenvalue weighted by Crippen LogP contribution is -2.45. The van der Waals surface area contributed by atoms with Gasteiger partial charge in [-0.3, -0.25) is 9.59 Å². The van der Waals surface area contributed by atoms with E-state index in [0.29, 0.717) is 11.6 Å². The van der Waals surface area contributed by atoms with Crippen LogP contribution in [0.5, 0.6) is 5.75 Å². The summed E-state index contributed by atoms with van der Waals surface area (Å²) < 4.78 is 10.1. The summed E-state index contributed by atoms with van der Waals surface area (Å²) >= 11 is 1.30. The molecule has 1 fully saturated rings. The molecule has 1 aromatic heterocycles. The molecule has 1 unspecified atom stereocenters. The summed E-state index contributed by atoms with van der Waals surface area (Å²) in [6.45, 7) is 5.31. The van der Waals surface area contributed by atoms with E-state index in [0.717, 1.165) is 31.7 Å². The van der Waals surface area contributed by atoms with Crippen LogP contribution < -0.4 is 20.3 Å². The Kier molecular flexibility index (Phi) is 7.62. The molecule has 2 amide bonds. The highest BCUT2D eigenvalue weighted by atomic mass is 32.2. The molecule has 2 N–H and O–H groups in total. The minimum Gasteiger partial charge on any atom is -0.497 e. The molecule has 30 heavy (non-hydrogen) atoms. The van der Waals surface area contributed by atoms with E-state index in [1.807, 2.05) is 12.1 Å². The molecule has 2 heterocycles. The largest absolute Gasteiger partial charge is 0.497 e. The Bertz CT molecular complexity index is 847. The predicted molar refractivity (Wildman–Crippen MR) is 118 cm³/mol. The van der Waals surface area contributed by atoms with E-state index in [4.69, 9.17) is 9.26 Å². The van der Waals surface area contributed by atoms with E-state index in [1.165, 1.54) is 17.4 Å². The quantitative estimate of drug-likeness (QED) is 0.662. The van der Waals surface area contributed by atoms with Crippen molar-refractivity contribution in [3.8, 4) is 5.75 Å². The second-order valence-corrected chi connectivity index (χ2v) is 8.62. The van der Waals surface area contributed by atoms with Gasteiger partial charge >= 0.3 is 0 Å². The molecule has 0 spiro atoms. The molecule has 1 atom stereocenters. The first kappa shape index (κ1) is 22.0. The van der Waals surface area contributed by atoms with Gasteiger partial charge in [0.2, 0.25) is 11.8 Å². The third-order valence-electron chi connectivity index (χ3n) is 5.01. The minimum absolute atomic E-state index is 0.0418. The molecule has 1 aliphatic rings. The van der Waals surface area contributed by atoms with Gasteiger partial charge in [-0.2, -0.15) is 0 Å². The van der Waals surface area contributed by atoms with Gasteiger partial charge in [-0.15, -0.1) is 11.8 Å². The molecule has 0 aliphatic carbocycles. The van der Waals surface area contributed by atoms with E-state index in [2.05, 4.69) is 32.8 Å². The first-order valence-electron chi connectivity index (χ1n) is 9.98. The molecule has 8 nitrogen and oxygen atoms in total. The topological polar surface area (TPSA) is 96.7 Å². The number of anilines is 2. The van der Waals surface area contributed by atoms with Gasteiger partial charge in [-0.1, -0.05) is 5.16 Å². The normalized spacial score (nSPS) is 15.5. The van der Waals surface area contributed by atoms with Crippen LogP contribution in [0, 0.1) is 6.92 Å². The lowest BCUT2D eigenvalue weighted by molar-refractivity contribution is -0.119. The number of ether oxygens (including phenoxy) is 1. The number of nitrogens with one attached hydrogen (secondary N) is 2. The second-order valence-electron chi connectivity index (χ2n) is 7.29. The number of hydrogen-bond donors (Lipinski definition) is 2. The van der Waals surface area contributed by atoms with Crippen LogP contribution in [0.25, 0.3) is 0 Å². The summed E-state index contributed by atoms with van der Waals surface area (Å²) in [5.74, 6) is 1.86. The van der Waals surface area contributed by atoms with Crippen molar-refractivity contribution in [1.82, 2.24) is 10.5 Å². The lowest BCUT2D eigenvalue weighted by atomic mass is 10.0. The molecular weight excluding hydrogens is 404 g/mol. The fourth-order valence-electron chi connectivity index (χ4n) is 3.27. The Morgan fingerprint density at radius 1 is 1.30 bits per heavy atom. The van der Waals surface area contributed by atoms with Crippen LogP contribution in [-0.2, 0) is 9.59 Å². The average Bonchev–Trinajstić information content (AvgIpc) is 3.17. The van der Waals surface area contributed by atoms with Gasteiger partial charge in [0.1, 0.15) is 11.5 Å². The maximum atomic E-state index is 12.3. The van der Waals surface area contributed by atoms with Gasteiger partial charge in [0.15, 0.2) is 5.82 Å². The zero-order valence-electron chi connectivity index (χ0n) is 17.5. The van der Waals surface area contributed by atoms with Gasteiger partial charge in [-0.05, 0) is 51.0 Å². The summed E-state index contributed by atoms with van der Waals surface area (Å²) in [5.41, 5.74) is 1.17. The summed E-state index contributed by atoms with van der Waals surface area (Å²) in [6.07, 6.45) is 1.79. The van der Waals surface area contributed by atoms with Crippen LogP contribution in [0.15, 0.2) is 34.9 Å². The Morgan fingerprint density at radius 2 is 2.00 bits per heavy atom. The van der Waals surface area contributed by atoms with Crippen molar-refractivity contribution in [3.05, 3.63) is 36.1 Å². The van der Waals surface area contributed by atoms with Crippen LogP contribution in [0.1, 0.15) is 25.5 Å². The van der Waals surface area contributed by atoms with Crippen LogP contribution in [0.3, 0.4) is 0 Å². The van der Waals surface area contributed by atoms with Crippen molar-refractivity contribution in [2.24, 2.45) is 0 Å². The minimum atomic E-state index is -0.371. The van der Waals surface area contributed by atoms with Gasteiger partial charge < -0.3 is 24.8 Å². The molecule has 3 rings (SSSR count). The zero-order valence-corrected chi connectivity index (χ0v) is 18.3. The molecule has 1 aliphatic heterocycles. The second kappa shape index (κ2) is 10.4. The van der Waals surface area contributed by atoms with Gasteiger partial charge in [0.25, 0.3) is 0 Å². The van der Waals surface area contributed by atoms with Crippen molar-refractivity contribution in [1.29, 1.82) is 0 Å². The number of aryl methyl sites for hydroxylation is 1. The summed E-state index contributed by atoms with van der Waals surface area (Å²) in [4.78, 5) is 26.8. The molecule has 1 saturated heterocycles. The maximum Gasteiger partial charge on any atom is 0.238 e. The van der Waals surface area contributed by atoms with E-state index >= 15 is 0 Å². The summed E-state index contributed by atoms with van der Waals surface area (Å²) in [7, 11) is 1.66. The van der Waals surface area contributed by atoms with Crippen LogP contribution in [0.2, 0.25) is 0 Å². The molecule has 162 valence electrons. The number of carbonyl (C=O) groups excluding carboxylic acids is 2. The van der Waals surface area contributed by atoms with Crippen LogP contribution in [-0.4, -0.2) is 54.2 Å². The standard InChI is InChI=1S/C21H28N4O4S/c1-14-12-19(24-29-14)23-21(27)15(2)30-13-20(26)22-16-8-10-25(11-9-16)17-4-6-18(28-3)7-5-17/h4-7,12,15-16H,8-11,13H2,1-3H3,(H,22,26)(H,23,24,27). The van der Waals surface area contributed by atoms with Gasteiger partial charge in [-0.25, -0.2) is 0 Å². The van der Waals surface area contributed by atoms with Crippen molar-refractivity contribution >= 4 is 35.1 Å². The molecule has 0 bridgehead atoms. The number of piperidine rings is 1. The number of nitrogens with zero attached hydrogens (tertiary/aromatic N) is 2. The van der Waals surface area contributed by atoms with Crippen molar-refractivity contribution in [2.75, 3.05) is 36.2 Å². The fraction of sp³-hybridized carbons (Fsp3) is 0.476. The van der Waals surface area contributed by atoms with Crippen molar-refractivity contribution in [2.45, 2.75) is 38.0 Å². The third-order valence-corrected chi connectivity index (χ3v) is 6.15. The van der Waals surface area contributed by atoms with E-state index < -0.39 is 0 Å². The number of hydrogen-bond acceptors (Lipinski definition) is 7.